The van der Waals surface area contributed by atoms with Crippen molar-refractivity contribution >= 4 is 17.6 Å². The van der Waals surface area contributed by atoms with Crippen LogP contribution in [0.2, 0.25) is 0 Å². The van der Waals surface area contributed by atoms with E-state index in [1.165, 1.54) is 17.0 Å². The summed E-state index contributed by atoms with van der Waals surface area (Å²) in [7, 11) is 0. The van der Waals surface area contributed by atoms with Crippen LogP contribution in [0, 0.1) is 17.0 Å². The zero-order valence-electron chi connectivity index (χ0n) is 11.4. The molecule has 0 saturated carbocycles. The summed E-state index contributed by atoms with van der Waals surface area (Å²) in [6.07, 6.45) is 0.119. The summed E-state index contributed by atoms with van der Waals surface area (Å²) in [5.74, 6) is -1.75. The average molecular weight is 293 g/mol. The first kappa shape index (κ1) is 14.9. The highest BCUT2D eigenvalue weighted by molar-refractivity contribution is 5.99. The van der Waals surface area contributed by atoms with Crippen LogP contribution in [0.15, 0.2) is 18.2 Å². The Hall–Kier alpha value is -2.48. The maximum absolute atomic E-state index is 12.4. The van der Waals surface area contributed by atoms with E-state index in [0.717, 1.165) is 0 Å². The normalized spacial score (nSPS) is 21.3. The number of hydrogen-bond acceptors (Lipinski definition) is 5. The molecule has 0 spiro atoms. The molecule has 1 aromatic carbocycles. The summed E-state index contributed by atoms with van der Waals surface area (Å²) >= 11 is 0. The fraction of sp³-hybridized carbons (Fsp3) is 0.385. The van der Waals surface area contributed by atoms with Crippen LogP contribution in [-0.2, 0) is 4.79 Å². The third-order valence-electron chi connectivity index (χ3n) is 3.59. The molecule has 2 rings (SSSR count). The van der Waals surface area contributed by atoms with Gasteiger partial charge in [-0.1, -0.05) is 6.07 Å². The number of likely N-dealkylation sites (tertiary alicyclic amines) is 1. The number of aryl methyl sites for hydroxylation is 1. The van der Waals surface area contributed by atoms with Crippen LogP contribution in [0.4, 0.5) is 5.69 Å². The van der Waals surface area contributed by atoms with Crippen molar-refractivity contribution in [2.24, 2.45) is 5.73 Å². The molecule has 1 amide bonds. The van der Waals surface area contributed by atoms with E-state index in [2.05, 4.69) is 0 Å². The monoisotopic (exact) mass is 293 g/mol. The lowest BCUT2D eigenvalue weighted by Crippen LogP contribution is -2.50. The SMILES string of the molecule is Cc1ccc([N+](=O)[O-])c(C(=O)N2CCC(N)(C(=O)O)C2)c1. The van der Waals surface area contributed by atoms with E-state index in [1.807, 2.05) is 0 Å². The van der Waals surface area contributed by atoms with E-state index < -0.39 is 22.3 Å². The minimum atomic E-state index is -1.49. The van der Waals surface area contributed by atoms with Crippen molar-refractivity contribution in [1.82, 2.24) is 4.90 Å². The Bertz CT molecular complexity index is 630. The van der Waals surface area contributed by atoms with Gasteiger partial charge in [-0.3, -0.25) is 19.7 Å². The Morgan fingerprint density at radius 2 is 2.14 bits per heavy atom. The summed E-state index contributed by atoms with van der Waals surface area (Å²) in [5.41, 5.74) is 4.58. The second-order valence-electron chi connectivity index (χ2n) is 5.22. The number of amides is 1. The van der Waals surface area contributed by atoms with Crippen molar-refractivity contribution in [2.45, 2.75) is 18.9 Å². The smallest absolute Gasteiger partial charge is 0.325 e. The molecule has 1 saturated heterocycles. The number of nitro benzene ring substituents is 1. The lowest BCUT2D eigenvalue weighted by atomic mass is 10.0. The Kier molecular flexibility index (Phi) is 3.65. The predicted octanol–water partition coefficient (Wildman–Crippen LogP) is 0.531. The first-order valence-corrected chi connectivity index (χ1v) is 6.31. The fourth-order valence-electron chi connectivity index (χ4n) is 2.33. The third-order valence-corrected chi connectivity index (χ3v) is 3.59. The molecule has 0 aromatic heterocycles. The standard InChI is InChI=1S/C13H15N3O5/c1-8-2-3-10(16(20)21)9(6-8)11(17)15-5-4-13(14,7-15)12(18)19/h2-3,6H,4-5,7,14H2,1H3,(H,18,19). The first-order chi connectivity index (χ1) is 9.74. The van der Waals surface area contributed by atoms with Crippen molar-refractivity contribution in [1.29, 1.82) is 0 Å². The Morgan fingerprint density at radius 1 is 1.48 bits per heavy atom. The molecular formula is C13H15N3O5. The molecule has 1 heterocycles. The Morgan fingerprint density at radius 3 is 2.67 bits per heavy atom. The molecule has 3 N–H and O–H groups in total. The van der Waals surface area contributed by atoms with E-state index in [1.54, 1.807) is 13.0 Å². The number of carbonyl (C=O) groups excluding carboxylic acids is 1. The van der Waals surface area contributed by atoms with E-state index in [4.69, 9.17) is 10.8 Å². The number of benzene rings is 1. The number of nitro groups is 1. The second kappa shape index (κ2) is 5.13. The molecule has 1 aliphatic heterocycles. The molecule has 0 bridgehead atoms. The molecule has 1 aromatic rings. The van der Waals surface area contributed by atoms with Gasteiger partial charge < -0.3 is 15.7 Å². The number of rotatable bonds is 3. The molecular weight excluding hydrogens is 278 g/mol. The van der Waals surface area contributed by atoms with Crippen LogP contribution < -0.4 is 5.73 Å². The van der Waals surface area contributed by atoms with Crippen LogP contribution in [-0.4, -0.2) is 45.4 Å². The molecule has 1 atom stereocenters. The quantitative estimate of drug-likeness (QED) is 0.618. The van der Waals surface area contributed by atoms with Gasteiger partial charge in [0.2, 0.25) is 0 Å². The topological polar surface area (TPSA) is 127 Å². The molecule has 21 heavy (non-hydrogen) atoms. The number of carboxylic acids is 1. The number of nitrogens with zero attached hydrogens (tertiary/aromatic N) is 2. The lowest BCUT2D eigenvalue weighted by Gasteiger charge is -2.20. The molecule has 0 aliphatic carbocycles. The minimum absolute atomic E-state index is 0.0466. The van der Waals surface area contributed by atoms with Gasteiger partial charge >= 0.3 is 5.97 Å². The number of aliphatic carboxylic acids is 1. The van der Waals surface area contributed by atoms with Crippen LogP contribution >= 0.6 is 0 Å². The maximum Gasteiger partial charge on any atom is 0.325 e. The van der Waals surface area contributed by atoms with Gasteiger partial charge in [0, 0.05) is 19.2 Å². The van der Waals surface area contributed by atoms with Gasteiger partial charge in [-0.2, -0.15) is 0 Å². The largest absolute Gasteiger partial charge is 0.480 e. The molecule has 1 unspecified atom stereocenters. The van der Waals surface area contributed by atoms with Crippen molar-refractivity contribution in [3.05, 3.63) is 39.4 Å². The Balaban J connectivity index is 2.32. The van der Waals surface area contributed by atoms with Crippen LogP contribution in [0.5, 0.6) is 0 Å². The molecule has 0 radical (unpaired) electrons. The van der Waals surface area contributed by atoms with Crippen molar-refractivity contribution < 1.29 is 19.6 Å². The van der Waals surface area contributed by atoms with Crippen molar-refractivity contribution in [3.8, 4) is 0 Å². The molecule has 1 fully saturated rings. The average Bonchev–Trinajstić information content (AvgIpc) is 2.81. The summed E-state index contributed by atoms with van der Waals surface area (Å²) in [6.45, 7) is 1.72. The highest BCUT2D eigenvalue weighted by Crippen LogP contribution is 2.26. The minimum Gasteiger partial charge on any atom is -0.480 e. The van der Waals surface area contributed by atoms with Gasteiger partial charge in [-0.25, -0.2) is 0 Å². The van der Waals surface area contributed by atoms with E-state index in [9.17, 15) is 19.7 Å². The molecule has 8 nitrogen and oxygen atoms in total. The van der Waals surface area contributed by atoms with Crippen molar-refractivity contribution in [3.63, 3.8) is 0 Å². The predicted molar refractivity (Wildman–Crippen MR) is 72.9 cm³/mol. The van der Waals surface area contributed by atoms with Gasteiger partial charge in [0.05, 0.1) is 4.92 Å². The van der Waals surface area contributed by atoms with Gasteiger partial charge in [0.15, 0.2) is 0 Å². The van der Waals surface area contributed by atoms with Crippen LogP contribution in [0.1, 0.15) is 22.3 Å². The second-order valence-corrected chi connectivity index (χ2v) is 5.22. The molecule has 112 valence electrons. The highest BCUT2D eigenvalue weighted by Gasteiger charge is 2.43. The number of nitrogens with two attached hydrogens (primary N) is 1. The van der Waals surface area contributed by atoms with E-state index in [-0.39, 0.29) is 30.8 Å². The van der Waals surface area contributed by atoms with Crippen molar-refractivity contribution in [2.75, 3.05) is 13.1 Å². The number of carbonyl (C=O) groups is 2. The Labute approximate surface area is 120 Å². The number of hydrogen-bond donors (Lipinski definition) is 2. The molecule has 8 heteroatoms. The molecule has 1 aliphatic rings. The van der Waals surface area contributed by atoms with Gasteiger partial charge in [-0.15, -0.1) is 0 Å². The van der Waals surface area contributed by atoms with Gasteiger partial charge in [0.1, 0.15) is 11.1 Å². The number of carboxylic acid groups (broad SMARTS) is 1. The van der Waals surface area contributed by atoms with E-state index in [0.29, 0.717) is 5.56 Å². The van der Waals surface area contributed by atoms with Gasteiger partial charge in [-0.05, 0) is 25.0 Å². The fourth-order valence-corrected chi connectivity index (χ4v) is 2.33. The zero-order chi connectivity index (χ0) is 15.8. The van der Waals surface area contributed by atoms with Crippen LogP contribution in [0.3, 0.4) is 0 Å². The first-order valence-electron chi connectivity index (χ1n) is 6.31. The lowest BCUT2D eigenvalue weighted by molar-refractivity contribution is -0.385. The zero-order valence-corrected chi connectivity index (χ0v) is 11.4. The summed E-state index contributed by atoms with van der Waals surface area (Å²) in [4.78, 5) is 35.1. The maximum atomic E-state index is 12.4. The van der Waals surface area contributed by atoms with Crippen LogP contribution in [0.25, 0.3) is 0 Å². The van der Waals surface area contributed by atoms with E-state index >= 15 is 0 Å². The summed E-state index contributed by atoms with van der Waals surface area (Å²) in [5, 5.41) is 20.1. The summed E-state index contributed by atoms with van der Waals surface area (Å²) < 4.78 is 0. The summed E-state index contributed by atoms with van der Waals surface area (Å²) in [6, 6.07) is 4.24. The third kappa shape index (κ3) is 2.70. The van der Waals surface area contributed by atoms with Gasteiger partial charge in [0.25, 0.3) is 11.6 Å². The highest BCUT2D eigenvalue weighted by atomic mass is 16.6.